The number of fused-ring (bicyclic) bond motifs is 1. The fourth-order valence-electron chi connectivity index (χ4n) is 2.47. The minimum Gasteiger partial charge on any atom is -0.506 e. The third kappa shape index (κ3) is 3.54. The summed E-state index contributed by atoms with van der Waals surface area (Å²) in [6.07, 6.45) is 1.29. The lowest BCUT2D eigenvalue weighted by atomic mass is 10.0. The minimum absolute atomic E-state index is 0.0339. The van der Waals surface area contributed by atoms with Crippen LogP contribution in [0.1, 0.15) is 16.7 Å². The molecule has 26 heavy (non-hydrogen) atoms. The molecule has 0 saturated carbocycles. The molecule has 0 fully saturated rings. The van der Waals surface area contributed by atoms with Gasteiger partial charge in [-0.3, -0.25) is 4.99 Å². The standard InChI is InChI=1S/C20H19NO5/c1-12-4-5-14(8-13(12)2)19(22)16(20(23)24-3)10-21-15-6-7-17-18(9-15)26-11-25-17/h4-10,22H,11H2,1-3H3/b19-16-,21-10?. The maximum absolute atomic E-state index is 12.1. The lowest BCUT2D eigenvalue weighted by molar-refractivity contribution is -0.135. The molecule has 0 saturated heterocycles. The Morgan fingerprint density at radius 1 is 1.12 bits per heavy atom. The van der Waals surface area contributed by atoms with Crippen molar-refractivity contribution in [2.24, 2.45) is 4.99 Å². The number of aliphatic imine (C=N–C) groups is 1. The lowest BCUT2D eigenvalue weighted by Gasteiger charge is -2.08. The number of carbonyl (C=O) groups excluding carboxylic acids is 1. The van der Waals surface area contributed by atoms with Crippen molar-refractivity contribution in [3.63, 3.8) is 0 Å². The van der Waals surface area contributed by atoms with E-state index < -0.39 is 5.97 Å². The summed E-state index contributed by atoms with van der Waals surface area (Å²) in [4.78, 5) is 16.4. The van der Waals surface area contributed by atoms with E-state index in [0.29, 0.717) is 22.7 Å². The van der Waals surface area contributed by atoms with Crippen molar-refractivity contribution in [1.82, 2.24) is 0 Å². The molecule has 6 nitrogen and oxygen atoms in total. The average molecular weight is 353 g/mol. The second kappa shape index (κ2) is 7.31. The first-order chi connectivity index (χ1) is 12.5. The molecule has 134 valence electrons. The van der Waals surface area contributed by atoms with Crippen molar-refractivity contribution < 1.29 is 24.1 Å². The van der Waals surface area contributed by atoms with Crippen molar-refractivity contribution in [2.75, 3.05) is 13.9 Å². The number of ether oxygens (including phenoxy) is 3. The summed E-state index contributed by atoms with van der Waals surface area (Å²) in [6.45, 7) is 4.08. The fourth-order valence-corrected chi connectivity index (χ4v) is 2.47. The summed E-state index contributed by atoms with van der Waals surface area (Å²) in [5.41, 5.74) is 3.14. The number of aliphatic hydroxyl groups is 1. The summed E-state index contributed by atoms with van der Waals surface area (Å²) in [5, 5.41) is 10.6. The van der Waals surface area contributed by atoms with Crippen LogP contribution in [0, 0.1) is 13.8 Å². The Kier molecular flexibility index (Phi) is 4.93. The maximum atomic E-state index is 12.1. The molecule has 1 aliphatic heterocycles. The van der Waals surface area contributed by atoms with Crippen molar-refractivity contribution in [3.05, 3.63) is 58.7 Å². The normalized spacial score (nSPS) is 13.7. The highest BCUT2D eigenvalue weighted by molar-refractivity contribution is 6.15. The number of esters is 1. The molecular weight excluding hydrogens is 334 g/mol. The summed E-state index contributed by atoms with van der Waals surface area (Å²) in [7, 11) is 1.25. The molecule has 2 aromatic rings. The average Bonchev–Trinajstić information content (AvgIpc) is 3.11. The molecule has 2 aromatic carbocycles. The van der Waals surface area contributed by atoms with Crippen molar-refractivity contribution >= 4 is 23.6 Å². The van der Waals surface area contributed by atoms with Gasteiger partial charge in [0.15, 0.2) is 11.5 Å². The smallest absolute Gasteiger partial charge is 0.343 e. The van der Waals surface area contributed by atoms with Crippen LogP contribution in [0.4, 0.5) is 5.69 Å². The Balaban J connectivity index is 1.97. The van der Waals surface area contributed by atoms with Gasteiger partial charge >= 0.3 is 5.97 Å². The van der Waals surface area contributed by atoms with Crippen LogP contribution in [0.2, 0.25) is 0 Å². The molecule has 1 N–H and O–H groups in total. The van der Waals surface area contributed by atoms with Gasteiger partial charge in [0.1, 0.15) is 11.3 Å². The van der Waals surface area contributed by atoms with Crippen LogP contribution in [0.25, 0.3) is 5.76 Å². The monoisotopic (exact) mass is 353 g/mol. The number of hydrogen-bond donors (Lipinski definition) is 1. The molecule has 1 aliphatic rings. The third-order valence-corrected chi connectivity index (χ3v) is 4.14. The number of carbonyl (C=O) groups is 1. The van der Waals surface area contributed by atoms with E-state index in [1.807, 2.05) is 26.0 Å². The molecule has 0 aromatic heterocycles. The van der Waals surface area contributed by atoms with E-state index in [0.717, 1.165) is 11.1 Å². The summed E-state index contributed by atoms with van der Waals surface area (Å²) in [6, 6.07) is 10.6. The summed E-state index contributed by atoms with van der Waals surface area (Å²) in [5.74, 6) is 0.363. The van der Waals surface area contributed by atoms with Crippen LogP contribution in [-0.4, -0.2) is 31.2 Å². The second-order valence-electron chi connectivity index (χ2n) is 5.85. The van der Waals surface area contributed by atoms with Crippen LogP contribution in [0.5, 0.6) is 11.5 Å². The zero-order valence-corrected chi connectivity index (χ0v) is 14.8. The van der Waals surface area contributed by atoms with Crippen LogP contribution in [0.3, 0.4) is 0 Å². The number of aliphatic hydroxyl groups excluding tert-OH is 1. The van der Waals surface area contributed by atoms with Gasteiger partial charge in [0.2, 0.25) is 6.79 Å². The molecule has 1 heterocycles. The van der Waals surface area contributed by atoms with Gasteiger partial charge in [-0.05, 0) is 43.2 Å². The van der Waals surface area contributed by atoms with Crippen molar-refractivity contribution in [1.29, 1.82) is 0 Å². The van der Waals surface area contributed by atoms with E-state index in [4.69, 9.17) is 14.2 Å². The summed E-state index contributed by atoms with van der Waals surface area (Å²) >= 11 is 0. The van der Waals surface area contributed by atoms with Gasteiger partial charge in [-0.2, -0.15) is 0 Å². The van der Waals surface area contributed by atoms with Crippen LogP contribution in [-0.2, 0) is 9.53 Å². The first kappa shape index (κ1) is 17.5. The highest BCUT2D eigenvalue weighted by Crippen LogP contribution is 2.35. The van der Waals surface area contributed by atoms with Crippen molar-refractivity contribution in [2.45, 2.75) is 13.8 Å². The van der Waals surface area contributed by atoms with Crippen molar-refractivity contribution in [3.8, 4) is 11.5 Å². The zero-order valence-electron chi connectivity index (χ0n) is 14.8. The number of nitrogens with zero attached hydrogens (tertiary/aromatic N) is 1. The Morgan fingerprint density at radius 3 is 2.62 bits per heavy atom. The zero-order chi connectivity index (χ0) is 18.7. The van der Waals surface area contributed by atoms with Gasteiger partial charge in [-0.15, -0.1) is 0 Å². The molecule has 0 spiro atoms. The van der Waals surface area contributed by atoms with Gasteiger partial charge in [0.25, 0.3) is 0 Å². The minimum atomic E-state index is -0.676. The molecular formula is C20H19NO5. The third-order valence-electron chi connectivity index (χ3n) is 4.14. The molecule has 0 amide bonds. The molecule has 0 atom stereocenters. The number of benzene rings is 2. The maximum Gasteiger partial charge on any atom is 0.343 e. The number of methoxy groups -OCH3 is 1. The van der Waals surface area contributed by atoms with Crippen LogP contribution < -0.4 is 9.47 Å². The van der Waals surface area contributed by atoms with Gasteiger partial charge < -0.3 is 19.3 Å². The lowest BCUT2D eigenvalue weighted by Crippen LogP contribution is -2.09. The Morgan fingerprint density at radius 2 is 1.88 bits per heavy atom. The highest BCUT2D eigenvalue weighted by Gasteiger charge is 2.17. The van der Waals surface area contributed by atoms with Gasteiger partial charge in [0.05, 0.1) is 12.8 Å². The Bertz CT molecular complexity index is 914. The first-order valence-electron chi connectivity index (χ1n) is 8.02. The highest BCUT2D eigenvalue weighted by atomic mass is 16.7. The Hall–Kier alpha value is -3.28. The quantitative estimate of drug-likeness (QED) is 0.391. The first-order valence-corrected chi connectivity index (χ1v) is 8.02. The predicted octanol–water partition coefficient (Wildman–Crippen LogP) is 3.88. The topological polar surface area (TPSA) is 77.4 Å². The Labute approximate surface area is 151 Å². The molecule has 0 radical (unpaired) electrons. The van der Waals surface area contributed by atoms with E-state index in [-0.39, 0.29) is 18.1 Å². The van der Waals surface area contributed by atoms with Crippen LogP contribution in [0.15, 0.2) is 47.0 Å². The van der Waals surface area contributed by atoms with E-state index in [9.17, 15) is 9.90 Å². The van der Waals surface area contributed by atoms with E-state index in [1.165, 1.54) is 13.3 Å². The van der Waals surface area contributed by atoms with Crippen LogP contribution >= 0.6 is 0 Å². The number of aryl methyl sites for hydroxylation is 2. The van der Waals surface area contributed by atoms with Gasteiger partial charge in [-0.1, -0.05) is 12.1 Å². The van der Waals surface area contributed by atoms with E-state index in [2.05, 4.69) is 4.99 Å². The summed E-state index contributed by atoms with van der Waals surface area (Å²) < 4.78 is 15.3. The molecule has 0 bridgehead atoms. The molecule has 3 rings (SSSR count). The van der Waals surface area contributed by atoms with E-state index >= 15 is 0 Å². The second-order valence-corrected chi connectivity index (χ2v) is 5.85. The van der Waals surface area contributed by atoms with Gasteiger partial charge in [0, 0.05) is 17.8 Å². The number of rotatable bonds is 4. The largest absolute Gasteiger partial charge is 0.506 e. The predicted molar refractivity (Wildman–Crippen MR) is 98.2 cm³/mol. The SMILES string of the molecule is COC(=O)/C(C=Nc1ccc2c(c1)OCO2)=C(\O)c1ccc(C)c(C)c1. The molecule has 6 heteroatoms. The molecule has 0 unspecified atom stereocenters. The van der Waals surface area contributed by atoms with Gasteiger partial charge in [-0.25, -0.2) is 4.79 Å². The fraction of sp³-hybridized carbons (Fsp3) is 0.200. The molecule has 0 aliphatic carbocycles. The van der Waals surface area contributed by atoms with E-state index in [1.54, 1.807) is 24.3 Å². The number of hydrogen-bond acceptors (Lipinski definition) is 6.